The summed E-state index contributed by atoms with van der Waals surface area (Å²) in [5.74, 6) is 0. The number of rotatable bonds is 4. The van der Waals surface area contributed by atoms with Crippen molar-refractivity contribution in [3.63, 3.8) is 0 Å². The van der Waals surface area contributed by atoms with E-state index in [4.69, 9.17) is 19.7 Å². The third-order valence-corrected chi connectivity index (χ3v) is 5.75. The van der Waals surface area contributed by atoms with Crippen molar-refractivity contribution < 1.29 is 19.3 Å². The van der Waals surface area contributed by atoms with E-state index in [2.05, 4.69) is 10.0 Å². The van der Waals surface area contributed by atoms with Crippen LogP contribution in [0.25, 0.3) is 10.4 Å². The minimum Gasteiger partial charge on any atom is -0.390 e. The van der Waals surface area contributed by atoms with Crippen molar-refractivity contribution in [3.05, 3.63) is 76.7 Å². The quantitative estimate of drug-likeness (QED) is 0.492. The summed E-state index contributed by atoms with van der Waals surface area (Å²) >= 11 is 1.41. The minimum absolute atomic E-state index is 0.288. The fraction of sp³-hybridized carbons (Fsp3) is 0.368. The first-order valence-corrected chi connectivity index (χ1v) is 9.55. The maximum Gasteiger partial charge on any atom is 0.184 e. The first kappa shape index (κ1) is 18.3. The Morgan fingerprint density at radius 2 is 1.74 bits per heavy atom. The molecule has 0 aliphatic carbocycles. The lowest BCUT2D eigenvalue weighted by atomic mass is 9.97. The fourth-order valence-corrected chi connectivity index (χ4v) is 4.41. The highest BCUT2D eigenvalue weighted by molar-refractivity contribution is 7.99. The van der Waals surface area contributed by atoms with Crippen LogP contribution in [0.3, 0.4) is 0 Å². The van der Waals surface area contributed by atoms with Crippen molar-refractivity contribution in [3.8, 4) is 0 Å². The Kier molecular flexibility index (Phi) is 5.63. The molecule has 0 spiro atoms. The van der Waals surface area contributed by atoms with Gasteiger partial charge in [0, 0.05) is 15.4 Å². The van der Waals surface area contributed by atoms with Crippen molar-refractivity contribution >= 4 is 11.8 Å². The largest absolute Gasteiger partial charge is 0.390 e. The highest BCUT2D eigenvalue weighted by Gasteiger charge is 2.49. The lowest BCUT2D eigenvalue weighted by Gasteiger charge is -2.46. The van der Waals surface area contributed by atoms with Crippen LogP contribution in [-0.4, -0.2) is 41.5 Å². The summed E-state index contributed by atoms with van der Waals surface area (Å²) < 4.78 is 17.9. The van der Waals surface area contributed by atoms with E-state index in [1.54, 1.807) is 0 Å². The summed E-state index contributed by atoms with van der Waals surface area (Å²) in [6.07, 6.45) is -2.65. The lowest BCUT2D eigenvalue weighted by Crippen LogP contribution is -2.60. The molecule has 2 saturated heterocycles. The molecule has 6 atom stereocenters. The van der Waals surface area contributed by atoms with Crippen LogP contribution in [0.15, 0.2) is 70.7 Å². The maximum absolute atomic E-state index is 10.9. The highest BCUT2D eigenvalue weighted by atomic mass is 32.2. The van der Waals surface area contributed by atoms with Gasteiger partial charge < -0.3 is 19.3 Å². The summed E-state index contributed by atoms with van der Waals surface area (Å²) in [6.45, 7) is 0.288. The standard InChI is InChI=1S/C19H19N3O4S/c20-22-21-15-16(23)17-14(25-19(15)27-13-9-5-2-6-10-13)11-24-18(26-17)12-7-3-1-4-8-12/h1-10,14-19,23H,11H2/t14-,15+,16-,17-,18-,19-/m1/s1. The molecule has 7 nitrogen and oxygen atoms in total. The van der Waals surface area contributed by atoms with Gasteiger partial charge in [0.1, 0.15) is 23.7 Å². The van der Waals surface area contributed by atoms with Gasteiger partial charge in [-0.15, -0.1) is 0 Å². The molecule has 2 aromatic carbocycles. The average molecular weight is 385 g/mol. The first-order chi connectivity index (χ1) is 13.3. The number of aliphatic hydroxyl groups is 1. The number of fused-ring (bicyclic) bond motifs is 1. The molecule has 2 aliphatic heterocycles. The number of benzene rings is 2. The van der Waals surface area contributed by atoms with Crippen molar-refractivity contribution in [2.45, 2.75) is 41.0 Å². The Hall–Kier alpha value is -2.06. The van der Waals surface area contributed by atoms with Gasteiger partial charge in [-0.25, -0.2) is 0 Å². The average Bonchev–Trinajstić information content (AvgIpc) is 2.72. The van der Waals surface area contributed by atoms with Gasteiger partial charge in [-0.3, -0.25) is 0 Å². The van der Waals surface area contributed by atoms with E-state index in [1.807, 2.05) is 60.7 Å². The molecule has 1 N–H and O–H groups in total. The number of hydrogen-bond acceptors (Lipinski definition) is 6. The second-order valence-electron chi connectivity index (χ2n) is 6.34. The summed E-state index contributed by atoms with van der Waals surface area (Å²) in [4.78, 5) is 3.87. The zero-order chi connectivity index (χ0) is 18.6. The topological polar surface area (TPSA) is 96.7 Å². The van der Waals surface area contributed by atoms with E-state index in [9.17, 15) is 5.11 Å². The van der Waals surface area contributed by atoms with Gasteiger partial charge in [-0.05, 0) is 17.7 Å². The Morgan fingerprint density at radius 3 is 2.44 bits per heavy atom. The van der Waals surface area contributed by atoms with E-state index in [1.165, 1.54) is 11.8 Å². The number of hydrogen-bond donors (Lipinski definition) is 1. The van der Waals surface area contributed by atoms with Crippen LogP contribution in [0.5, 0.6) is 0 Å². The lowest BCUT2D eigenvalue weighted by molar-refractivity contribution is -0.305. The molecule has 2 heterocycles. The Balaban J connectivity index is 1.53. The SMILES string of the molecule is [N-]=[N+]=N[C@H]1[C@@H](O)[C@@H]2O[C@H](c3ccccc3)OC[C@H]2O[C@@H]1Sc1ccccc1. The number of aliphatic hydroxyl groups excluding tert-OH is 1. The third kappa shape index (κ3) is 3.96. The molecule has 2 fully saturated rings. The van der Waals surface area contributed by atoms with Crippen LogP contribution in [-0.2, 0) is 14.2 Å². The van der Waals surface area contributed by atoms with Gasteiger partial charge in [0.25, 0.3) is 0 Å². The Morgan fingerprint density at radius 1 is 1.04 bits per heavy atom. The van der Waals surface area contributed by atoms with Gasteiger partial charge in [0.15, 0.2) is 6.29 Å². The second-order valence-corrected chi connectivity index (χ2v) is 7.51. The molecular formula is C19H19N3O4S. The smallest absolute Gasteiger partial charge is 0.184 e. The molecule has 27 heavy (non-hydrogen) atoms. The highest BCUT2D eigenvalue weighted by Crippen LogP contribution is 2.39. The number of thioether (sulfide) groups is 1. The van der Waals surface area contributed by atoms with Crippen LogP contribution >= 0.6 is 11.8 Å². The first-order valence-electron chi connectivity index (χ1n) is 8.68. The molecule has 140 valence electrons. The van der Waals surface area contributed by atoms with Crippen LogP contribution in [0, 0.1) is 0 Å². The third-order valence-electron chi connectivity index (χ3n) is 4.59. The maximum atomic E-state index is 10.9. The van der Waals surface area contributed by atoms with E-state index in [0.29, 0.717) is 0 Å². The molecule has 2 aliphatic rings. The van der Waals surface area contributed by atoms with E-state index in [-0.39, 0.29) is 6.61 Å². The van der Waals surface area contributed by atoms with Gasteiger partial charge in [-0.1, -0.05) is 65.4 Å². The molecule has 8 heteroatoms. The monoisotopic (exact) mass is 385 g/mol. The normalized spacial score (nSPS) is 32.9. The molecule has 0 radical (unpaired) electrons. The van der Waals surface area contributed by atoms with Gasteiger partial charge in [0.2, 0.25) is 0 Å². The number of ether oxygens (including phenoxy) is 3. The molecule has 0 saturated carbocycles. The zero-order valence-electron chi connectivity index (χ0n) is 14.4. The fourth-order valence-electron chi connectivity index (χ4n) is 3.27. The summed E-state index contributed by atoms with van der Waals surface area (Å²) in [6, 6.07) is 18.4. The van der Waals surface area contributed by atoms with Gasteiger partial charge >= 0.3 is 0 Å². The zero-order valence-corrected chi connectivity index (χ0v) is 15.2. The predicted molar refractivity (Wildman–Crippen MR) is 99.9 cm³/mol. The van der Waals surface area contributed by atoms with Gasteiger partial charge in [-0.2, -0.15) is 0 Å². The summed E-state index contributed by atoms with van der Waals surface area (Å²) in [7, 11) is 0. The second kappa shape index (κ2) is 8.31. The molecule has 0 bridgehead atoms. The van der Waals surface area contributed by atoms with Crippen molar-refractivity contribution in [1.82, 2.24) is 0 Å². The molecule has 4 rings (SSSR count). The Labute approximate surface area is 160 Å². The Bertz CT molecular complexity index is 803. The predicted octanol–water partition coefficient (Wildman–Crippen LogP) is 3.66. The van der Waals surface area contributed by atoms with Crippen molar-refractivity contribution in [2.75, 3.05) is 6.61 Å². The number of nitrogens with zero attached hydrogens (tertiary/aromatic N) is 3. The van der Waals surface area contributed by atoms with E-state index in [0.717, 1.165) is 10.5 Å². The van der Waals surface area contributed by atoms with Crippen LogP contribution < -0.4 is 0 Å². The molecule has 0 aromatic heterocycles. The van der Waals surface area contributed by atoms with Crippen molar-refractivity contribution in [1.29, 1.82) is 0 Å². The van der Waals surface area contributed by atoms with Crippen LogP contribution in [0.1, 0.15) is 11.9 Å². The van der Waals surface area contributed by atoms with E-state index < -0.39 is 36.1 Å². The molecule has 0 unspecified atom stereocenters. The van der Waals surface area contributed by atoms with Crippen LogP contribution in [0.2, 0.25) is 0 Å². The molecule has 2 aromatic rings. The summed E-state index contributed by atoms with van der Waals surface area (Å²) in [5.41, 5.74) is 9.30. The summed E-state index contributed by atoms with van der Waals surface area (Å²) in [5, 5.41) is 14.7. The molecular weight excluding hydrogens is 366 g/mol. The molecule has 0 amide bonds. The number of azide groups is 1. The van der Waals surface area contributed by atoms with E-state index >= 15 is 0 Å². The van der Waals surface area contributed by atoms with Crippen LogP contribution in [0.4, 0.5) is 0 Å². The van der Waals surface area contributed by atoms with Crippen molar-refractivity contribution in [2.24, 2.45) is 5.11 Å². The van der Waals surface area contributed by atoms with Gasteiger partial charge in [0.05, 0.1) is 12.7 Å². The minimum atomic E-state index is -0.990.